The molecular weight excluding hydrogens is 526 g/mol. The number of piperazine rings is 1. The van der Waals surface area contributed by atoms with E-state index >= 15 is 0 Å². The van der Waals surface area contributed by atoms with E-state index in [9.17, 15) is 23.6 Å². The van der Waals surface area contributed by atoms with Gasteiger partial charge in [0, 0.05) is 67.6 Å². The Hall–Kier alpha value is -4.23. The molecule has 3 atom stereocenters. The number of halogens is 2. The molecule has 0 radical (unpaired) electrons. The van der Waals surface area contributed by atoms with Crippen LogP contribution >= 0.6 is 0 Å². The van der Waals surface area contributed by atoms with Crippen molar-refractivity contribution in [2.24, 2.45) is 5.92 Å². The first-order valence-corrected chi connectivity index (χ1v) is 13.7. The second kappa shape index (κ2) is 13.4. The van der Waals surface area contributed by atoms with Gasteiger partial charge in [-0.15, -0.1) is 0 Å². The highest BCUT2D eigenvalue weighted by Crippen LogP contribution is 2.33. The van der Waals surface area contributed by atoms with E-state index in [2.05, 4.69) is 21.4 Å². The first-order chi connectivity index (χ1) is 19.7. The normalized spacial score (nSPS) is 18.1. The summed E-state index contributed by atoms with van der Waals surface area (Å²) in [7, 11) is 0. The third kappa shape index (κ3) is 6.92. The topological polar surface area (TPSA) is 102 Å². The van der Waals surface area contributed by atoms with Gasteiger partial charge in [0.1, 0.15) is 17.7 Å². The zero-order chi connectivity index (χ0) is 29.5. The molecule has 0 aliphatic carbocycles. The Morgan fingerprint density at radius 3 is 2.32 bits per heavy atom. The minimum atomic E-state index is -0.884. The number of carbonyl (C=O) groups excluding carboxylic acids is 2. The Bertz CT molecular complexity index is 1370. The van der Waals surface area contributed by atoms with Crippen molar-refractivity contribution in [2.75, 3.05) is 13.1 Å². The molecule has 4 rings (SSSR count). The third-order valence-electron chi connectivity index (χ3n) is 7.32. The fraction of sp³-hybridized carbons (Fsp3) is 0.387. The molecule has 3 aromatic rings. The average Bonchev–Trinajstić information content (AvgIpc) is 2.97. The van der Waals surface area contributed by atoms with E-state index in [1.807, 2.05) is 36.1 Å². The van der Waals surface area contributed by atoms with Crippen molar-refractivity contribution in [1.82, 2.24) is 25.1 Å². The Morgan fingerprint density at radius 2 is 1.71 bits per heavy atom. The quantitative estimate of drug-likeness (QED) is 0.409. The van der Waals surface area contributed by atoms with E-state index in [0.29, 0.717) is 12.4 Å². The Balaban J connectivity index is 1.57. The maximum absolute atomic E-state index is 14.9. The van der Waals surface area contributed by atoms with E-state index in [0.717, 1.165) is 11.1 Å². The van der Waals surface area contributed by atoms with E-state index < -0.39 is 29.8 Å². The molecule has 0 spiro atoms. The molecule has 8 nitrogen and oxygen atoms in total. The summed E-state index contributed by atoms with van der Waals surface area (Å²) in [5, 5.41) is 12.2. The summed E-state index contributed by atoms with van der Waals surface area (Å²) < 4.78 is 29.8. The van der Waals surface area contributed by atoms with Gasteiger partial charge in [-0.2, -0.15) is 5.26 Å². The monoisotopic (exact) mass is 560 g/mol. The predicted octanol–water partition coefficient (Wildman–Crippen LogP) is 4.64. The van der Waals surface area contributed by atoms with Crippen LogP contribution in [0.2, 0.25) is 0 Å². The smallest absolute Gasteiger partial charge is 0.244 e. The van der Waals surface area contributed by atoms with Crippen molar-refractivity contribution in [2.45, 2.75) is 58.3 Å². The van der Waals surface area contributed by atoms with E-state index in [-0.39, 0.29) is 49.2 Å². The zero-order valence-electron chi connectivity index (χ0n) is 23.4. The number of hydrogen-bond donors (Lipinski definition) is 1. The number of benzene rings is 2. The fourth-order valence-corrected chi connectivity index (χ4v) is 5.32. The lowest BCUT2D eigenvalue weighted by molar-refractivity contribution is -0.151. The highest BCUT2D eigenvalue weighted by Gasteiger charge is 2.42. The summed E-state index contributed by atoms with van der Waals surface area (Å²) in [5.74, 6) is -1.68. The number of hydrogen-bond acceptors (Lipinski definition) is 6. The molecular formula is C31H34F2N6O2. The Morgan fingerprint density at radius 1 is 1.05 bits per heavy atom. The highest BCUT2D eigenvalue weighted by atomic mass is 19.1. The number of rotatable bonds is 9. The summed E-state index contributed by atoms with van der Waals surface area (Å²) >= 11 is 0. The van der Waals surface area contributed by atoms with Crippen molar-refractivity contribution in [1.29, 1.82) is 5.26 Å². The second-order valence-electron chi connectivity index (χ2n) is 10.6. The summed E-state index contributed by atoms with van der Waals surface area (Å²) in [6.45, 7) is 5.98. The predicted molar refractivity (Wildman–Crippen MR) is 150 cm³/mol. The molecule has 1 aliphatic rings. The van der Waals surface area contributed by atoms with Crippen LogP contribution in [0.3, 0.4) is 0 Å². The zero-order valence-corrected chi connectivity index (χ0v) is 23.4. The number of aromatic nitrogens is 2. The second-order valence-corrected chi connectivity index (χ2v) is 10.6. The number of nitrogens with zero attached hydrogens (tertiary/aromatic N) is 5. The molecule has 0 saturated carbocycles. The van der Waals surface area contributed by atoms with E-state index in [1.165, 1.54) is 18.2 Å². The number of nitriles is 1. The summed E-state index contributed by atoms with van der Waals surface area (Å²) in [4.78, 5) is 38.8. The van der Waals surface area contributed by atoms with E-state index in [4.69, 9.17) is 0 Å². The lowest BCUT2D eigenvalue weighted by Crippen LogP contribution is -2.65. The molecule has 0 unspecified atom stereocenters. The lowest BCUT2D eigenvalue weighted by atomic mass is 9.94. The van der Waals surface area contributed by atoms with Gasteiger partial charge in [-0.3, -0.25) is 14.5 Å². The van der Waals surface area contributed by atoms with Crippen LogP contribution in [0.15, 0.2) is 60.9 Å². The molecule has 10 heteroatoms. The molecule has 0 bridgehead atoms. The maximum Gasteiger partial charge on any atom is 0.244 e. The molecule has 1 saturated heterocycles. The molecule has 1 aliphatic heterocycles. The van der Waals surface area contributed by atoms with Crippen LogP contribution in [0, 0.1) is 28.9 Å². The van der Waals surface area contributed by atoms with Gasteiger partial charge in [-0.1, -0.05) is 44.2 Å². The Labute approximate surface area is 239 Å². The summed E-state index contributed by atoms with van der Waals surface area (Å²) in [6, 6.07) is 12.9. The third-order valence-corrected chi connectivity index (χ3v) is 7.32. The molecule has 1 aromatic heterocycles. The first kappa shape index (κ1) is 29.7. The van der Waals surface area contributed by atoms with Crippen LogP contribution in [-0.4, -0.2) is 56.8 Å². The number of nitrogens with one attached hydrogen (secondary N) is 1. The van der Waals surface area contributed by atoms with Gasteiger partial charge >= 0.3 is 0 Å². The largest absolute Gasteiger partial charge is 0.350 e. The van der Waals surface area contributed by atoms with Crippen molar-refractivity contribution >= 4 is 11.8 Å². The van der Waals surface area contributed by atoms with Crippen LogP contribution in [0.1, 0.15) is 50.8 Å². The van der Waals surface area contributed by atoms with Crippen molar-refractivity contribution < 1.29 is 18.4 Å². The summed E-state index contributed by atoms with van der Waals surface area (Å²) in [5.41, 5.74) is 1.57. The molecule has 2 heterocycles. The molecule has 2 amide bonds. The van der Waals surface area contributed by atoms with Crippen LogP contribution in [-0.2, 0) is 16.1 Å². The maximum atomic E-state index is 14.9. The van der Waals surface area contributed by atoms with Gasteiger partial charge in [0.2, 0.25) is 11.8 Å². The van der Waals surface area contributed by atoms with Gasteiger partial charge in [0.05, 0.1) is 6.07 Å². The van der Waals surface area contributed by atoms with Crippen LogP contribution in [0.5, 0.6) is 0 Å². The average molecular weight is 561 g/mol. The number of amides is 2. The minimum Gasteiger partial charge on any atom is -0.350 e. The fourth-order valence-electron chi connectivity index (χ4n) is 5.32. The SMILES string of the molecule is CC(C)C(=O)N1[C@H](C)CN([C@H](CCC#N)c2c(F)cccc2F)C[C@@H]1C(=O)NCc1ccc(-c2ncccn2)cc1. The van der Waals surface area contributed by atoms with Gasteiger partial charge < -0.3 is 10.2 Å². The van der Waals surface area contributed by atoms with Crippen LogP contribution in [0.4, 0.5) is 8.78 Å². The standard InChI is InChI=1S/C31H34F2N6O2/c1-20(2)31(41)39-21(3)18-38(26(9-5-14-34)28-24(32)7-4-8-25(28)33)19-27(39)30(40)37-17-22-10-12-23(13-11-22)29-35-15-6-16-36-29/h4,6-8,10-13,15-16,20-21,26-27H,5,9,17-19H2,1-3H3,(H,37,40)/t21-,26-,27-/m1/s1. The van der Waals surface area contributed by atoms with Gasteiger partial charge in [0.25, 0.3) is 0 Å². The Kier molecular flexibility index (Phi) is 9.73. The van der Waals surface area contributed by atoms with Crippen LogP contribution in [0.25, 0.3) is 11.4 Å². The molecule has 2 aromatic carbocycles. The van der Waals surface area contributed by atoms with Gasteiger partial charge in [-0.25, -0.2) is 18.7 Å². The van der Waals surface area contributed by atoms with Crippen molar-refractivity contribution in [3.05, 3.63) is 83.7 Å². The number of carbonyl (C=O) groups is 2. The molecule has 1 N–H and O–H groups in total. The molecule has 41 heavy (non-hydrogen) atoms. The van der Waals surface area contributed by atoms with Crippen LogP contribution < -0.4 is 5.32 Å². The van der Waals surface area contributed by atoms with Gasteiger partial charge in [0.15, 0.2) is 5.82 Å². The van der Waals surface area contributed by atoms with Crippen molar-refractivity contribution in [3.63, 3.8) is 0 Å². The first-order valence-electron chi connectivity index (χ1n) is 13.7. The summed E-state index contributed by atoms with van der Waals surface area (Å²) in [6.07, 6.45) is 3.60. The van der Waals surface area contributed by atoms with Crippen molar-refractivity contribution in [3.8, 4) is 17.5 Å². The highest BCUT2D eigenvalue weighted by molar-refractivity contribution is 5.89. The molecule has 1 fully saturated rings. The minimum absolute atomic E-state index is 0.0722. The van der Waals surface area contributed by atoms with Gasteiger partial charge in [-0.05, 0) is 37.1 Å². The van der Waals surface area contributed by atoms with E-state index in [1.54, 1.807) is 37.2 Å². The molecule has 214 valence electrons. The lowest BCUT2D eigenvalue weighted by Gasteiger charge is -2.48.